The third-order valence-corrected chi connectivity index (χ3v) is 4.22. The molecule has 1 heterocycles. The van der Waals surface area contributed by atoms with Crippen LogP contribution in [0.25, 0.3) is 10.3 Å². The molecular weight excluding hydrogens is 351 g/mol. The van der Waals surface area contributed by atoms with Crippen LogP contribution in [0.15, 0.2) is 45.6 Å². The Kier molecular flexibility index (Phi) is 4.06. The van der Waals surface area contributed by atoms with Gasteiger partial charge in [0, 0.05) is 6.07 Å². The lowest BCUT2D eigenvalue weighted by molar-refractivity contribution is 0.152. The summed E-state index contributed by atoms with van der Waals surface area (Å²) in [5.74, 6) is 0.225. The molecule has 0 aliphatic heterocycles. The van der Waals surface area contributed by atoms with Crippen molar-refractivity contribution in [3.8, 4) is 11.5 Å². The van der Waals surface area contributed by atoms with Crippen molar-refractivity contribution in [2.24, 2.45) is 0 Å². The van der Waals surface area contributed by atoms with E-state index in [-0.39, 0.29) is 21.4 Å². The van der Waals surface area contributed by atoms with E-state index in [1.165, 1.54) is 6.07 Å². The minimum absolute atomic E-state index is 0.0170. The highest BCUT2D eigenvalue weighted by atomic mass is 35.5. The second kappa shape index (κ2) is 6.00. The van der Waals surface area contributed by atoms with Crippen molar-refractivity contribution in [1.82, 2.24) is 0 Å². The SMILES string of the molecule is O=C(Oc1ccccc1)Oc1c(Cl)cc2oc(=O)sc2c1Cl. The normalized spacial score (nSPS) is 10.6. The summed E-state index contributed by atoms with van der Waals surface area (Å²) in [6.45, 7) is 0. The maximum absolute atomic E-state index is 11.8. The summed E-state index contributed by atoms with van der Waals surface area (Å²) in [6.07, 6.45) is -0.995. The lowest BCUT2D eigenvalue weighted by Crippen LogP contribution is -2.14. The molecule has 0 aliphatic carbocycles. The van der Waals surface area contributed by atoms with E-state index in [1.807, 2.05) is 0 Å². The Hall–Kier alpha value is -2.02. The molecule has 3 aromatic rings. The van der Waals surface area contributed by atoms with Crippen LogP contribution in [0.2, 0.25) is 10.0 Å². The topological polar surface area (TPSA) is 65.7 Å². The number of hydrogen-bond donors (Lipinski definition) is 0. The van der Waals surface area contributed by atoms with Gasteiger partial charge in [0.15, 0.2) is 11.3 Å². The molecule has 22 heavy (non-hydrogen) atoms. The molecule has 5 nitrogen and oxygen atoms in total. The molecule has 0 bridgehead atoms. The fourth-order valence-corrected chi connectivity index (χ4v) is 3.02. The quantitative estimate of drug-likeness (QED) is 0.490. The Morgan fingerprint density at radius 2 is 1.86 bits per heavy atom. The van der Waals surface area contributed by atoms with Crippen molar-refractivity contribution in [1.29, 1.82) is 0 Å². The Morgan fingerprint density at radius 1 is 1.14 bits per heavy atom. The van der Waals surface area contributed by atoms with Gasteiger partial charge < -0.3 is 13.9 Å². The molecule has 2 aromatic carbocycles. The molecule has 0 aliphatic rings. The van der Waals surface area contributed by atoms with E-state index in [2.05, 4.69) is 0 Å². The van der Waals surface area contributed by atoms with Crippen molar-refractivity contribution in [3.63, 3.8) is 0 Å². The Balaban J connectivity index is 1.90. The lowest BCUT2D eigenvalue weighted by atomic mass is 10.3. The fourth-order valence-electron chi connectivity index (χ4n) is 1.71. The minimum atomic E-state index is -0.995. The minimum Gasteiger partial charge on any atom is -0.414 e. The number of halogens is 2. The highest BCUT2D eigenvalue weighted by Crippen LogP contribution is 2.40. The van der Waals surface area contributed by atoms with E-state index >= 15 is 0 Å². The molecule has 0 saturated heterocycles. The highest BCUT2D eigenvalue weighted by Gasteiger charge is 2.20. The van der Waals surface area contributed by atoms with E-state index in [9.17, 15) is 9.59 Å². The average Bonchev–Trinajstić information content (AvgIpc) is 2.85. The van der Waals surface area contributed by atoms with Crippen molar-refractivity contribution in [2.45, 2.75) is 0 Å². The van der Waals surface area contributed by atoms with Crippen LogP contribution in [0.4, 0.5) is 4.79 Å². The van der Waals surface area contributed by atoms with Crippen molar-refractivity contribution < 1.29 is 18.7 Å². The van der Waals surface area contributed by atoms with Crippen molar-refractivity contribution in [2.75, 3.05) is 0 Å². The fraction of sp³-hybridized carbons (Fsp3) is 0. The predicted octanol–water partition coefficient (Wildman–Crippen LogP) is 4.74. The van der Waals surface area contributed by atoms with E-state index in [0.29, 0.717) is 10.4 Å². The number of rotatable bonds is 2. The van der Waals surface area contributed by atoms with Gasteiger partial charge in [-0.05, 0) is 23.5 Å². The zero-order valence-corrected chi connectivity index (χ0v) is 13.0. The molecule has 0 saturated carbocycles. The molecule has 0 spiro atoms. The Labute approximate surface area is 137 Å². The largest absolute Gasteiger partial charge is 0.519 e. The number of para-hydroxylation sites is 1. The van der Waals surface area contributed by atoms with E-state index in [4.69, 9.17) is 37.1 Å². The van der Waals surface area contributed by atoms with Crippen molar-refractivity contribution >= 4 is 51.0 Å². The van der Waals surface area contributed by atoms with E-state index < -0.39 is 11.1 Å². The molecule has 0 fully saturated rings. The Bertz CT molecular complexity index is 901. The zero-order chi connectivity index (χ0) is 15.7. The molecule has 0 radical (unpaired) electrons. The van der Waals surface area contributed by atoms with Gasteiger partial charge in [0.2, 0.25) is 0 Å². The van der Waals surface area contributed by atoms with Crippen LogP contribution in [-0.4, -0.2) is 6.16 Å². The van der Waals surface area contributed by atoms with Crippen LogP contribution < -0.4 is 14.4 Å². The maximum atomic E-state index is 11.8. The average molecular weight is 357 g/mol. The lowest BCUT2D eigenvalue weighted by Gasteiger charge is -2.08. The molecule has 0 amide bonds. The van der Waals surface area contributed by atoms with Gasteiger partial charge in [-0.2, -0.15) is 0 Å². The van der Waals surface area contributed by atoms with Gasteiger partial charge in [-0.3, -0.25) is 0 Å². The first-order valence-corrected chi connectivity index (χ1v) is 7.48. The predicted molar refractivity (Wildman–Crippen MR) is 83.5 cm³/mol. The van der Waals surface area contributed by atoms with Gasteiger partial charge in [0.1, 0.15) is 10.8 Å². The number of benzene rings is 2. The first kappa shape index (κ1) is 14.9. The highest BCUT2D eigenvalue weighted by molar-refractivity contribution is 7.16. The number of carbonyl (C=O) groups excluding carboxylic acids is 1. The van der Waals surface area contributed by atoms with Crippen LogP contribution >= 0.6 is 34.5 Å². The summed E-state index contributed by atoms with van der Waals surface area (Å²) in [6, 6.07) is 9.73. The summed E-state index contributed by atoms with van der Waals surface area (Å²) < 4.78 is 15.3. The Morgan fingerprint density at radius 3 is 2.59 bits per heavy atom. The zero-order valence-electron chi connectivity index (χ0n) is 10.7. The number of fused-ring (bicyclic) bond motifs is 1. The van der Waals surface area contributed by atoms with Crippen LogP contribution in [-0.2, 0) is 0 Å². The van der Waals surface area contributed by atoms with Gasteiger partial charge in [0.25, 0.3) is 0 Å². The maximum Gasteiger partial charge on any atom is 0.519 e. The molecule has 0 N–H and O–H groups in total. The molecule has 3 rings (SSSR count). The summed E-state index contributed by atoms with van der Waals surface area (Å²) in [7, 11) is 0. The monoisotopic (exact) mass is 356 g/mol. The van der Waals surface area contributed by atoms with Crippen LogP contribution in [0.3, 0.4) is 0 Å². The second-order valence-corrected chi connectivity index (χ2v) is 5.78. The van der Waals surface area contributed by atoms with E-state index in [1.54, 1.807) is 30.3 Å². The van der Waals surface area contributed by atoms with Crippen LogP contribution in [0, 0.1) is 0 Å². The summed E-state index contributed by atoms with van der Waals surface area (Å²) >= 11 is 12.9. The molecule has 0 unspecified atom stereocenters. The first-order chi connectivity index (χ1) is 10.5. The van der Waals surface area contributed by atoms with Gasteiger partial charge in [-0.25, -0.2) is 9.59 Å². The molecular formula is C14H6Cl2O5S. The second-order valence-electron chi connectivity index (χ2n) is 4.05. The molecule has 8 heteroatoms. The standard InChI is InChI=1S/C14H6Cl2O5S/c15-8-6-9-12(22-14(18)20-9)10(16)11(8)21-13(17)19-7-4-2-1-3-5-7/h1-6H. The van der Waals surface area contributed by atoms with Crippen LogP contribution in [0.5, 0.6) is 11.5 Å². The summed E-state index contributed by atoms with van der Waals surface area (Å²) in [5.41, 5.74) is 0.230. The van der Waals surface area contributed by atoms with Gasteiger partial charge in [-0.15, -0.1) is 0 Å². The molecule has 1 aromatic heterocycles. The van der Waals surface area contributed by atoms with Crippen LogP contribution in [0.1, 0.15) is 0 Å². The third-order valence-electron chi connectivity index (χ3n) is 2.61. The molecule has 112 valence electrons. The van der Waals surface area contributed by atoms with Gasteiger partial charge in [0.05, 0.1) is 9.72 Å². The smallest absolute Gasteiger partial charge is 0.414 e. The van der Waals surface area contributed by atoms with E-state index in [0.717, 1.165) is 11.3 Å². The summed E-state index contributed by atoms with van der Waals surface area (Å²) in [4.78, 5) is 22.5. The van der Waals surface area contributed by atoms with Crippen molar-refractivity contribution in [3.05, 3.63) is 56.2 Å². The number of carbonyl (C=O) groups is 1. The number of ether oxygens (including phenoxy) is 2. The number of hydrogen-bond acceptors (Lipinski definition) is 6. The van der Waals surface area contributed by atoms with Gasteiger partial charge >= 0.3 is 11.1 Å². The summed E-state index contributed by atoms with van der Waals surface area (Å²) in [5, 5.41) is 0.0485. The first-order valence-electron chi connectivity index (χ1n) is 5.91. The molecule has 0 atom stereocenters. The third kappa shape index (κ3) is 2.94. The van der Waals surface area contributed by atoms with Gasteiger partial charge in [-0.1, -0.05) is 41.4 Å².